The van der Waals surface area contributed by atoms with E-state index in [1.54, 1.807) is 0 Å². The van der Waals surface area contributed by atoms with Crippen molar-refractivity contribution in [2.75, 3.05) is 26.2 Å². The fourth-order valence-electron chi connectivity index (χ4n) is 5.42. The molecule has 0 radical (unpaired) electrons. The molecule has 2 aliphatic rings. The van der Waals surface area contributed by atoms with Crippen LogP contribution in [0.2, 0.25) is 0 Å². The average molecular weight is 440 g/mol. The molecule has 33 heavy (non-hydrogen) atoms. The van der Waals surface area contributed by atoms with Crippen molar-refractivity contribution in [1.82, 2.24) is 14.8 Å². The molecule has 0 spiro atoms. The molecule has 2 aromatic carbocycles. The lowest BCUT2D eigenvalue weighted by molar-refractivity contribution is -0.137. The number of fused-ring (bicyclic) bond motifs is 1. The molecule has 4 heteroatoms. The van der Waals surface area contributed by atoms with Gasteiger partial charge in [0.25, 0.3) is 0 Å². The zero-order valence-electron chi connectivity index (χ0n) is 19.3. The number of nitrogens with zero attached hydrogens (tertiary/aromatic N) is 3. The number of hydrogen-bond acceptors (Lipinski definition) is 3. The van der Waals surface area contributed by atoms with Crippen LogP contribution in [0.5, 0.6) is 0 Å². The minimum Gasteiger partial charge on any atom is -0.338 e. The van der Waals surface area contributed by atoms with Gasteiger partial charge in [0.2, 0.25) is 5.91 Å². The Balaban J connectivity index is 1.19. The summed E-state index contributed by atoms with van der Waals surface area (Å²) in [4.78, 5) is 22.6. The number of piperidine rings is 1. The minimum absolute atomic E-state index is 0.128. The maximum atomic E-state index is 13.5. The number of rotatable bonds is 6. The summed E-state index contributed by atoms with van der Waals surface area (Å²) in [6.07, 6.45) is 10.4. The highest BCUT2D eigenvalue weighted by Gasteiger charge is 2.34. The number of carbonyl (C=O) groups is 1. The molecule has 1 saturated heterocycles. The van der Waals surface area contributed by atoms with Gasteiger partial charge in [0.1, 0.15) is 0 Å². The summed E-state index contributed by atoms with van der Waals surface area (Å²) in [5.41, 5.74) is 3.71. The zero-order chi connectivity index (χ0) is 22.5. The number of amides is 1. The normalized spacial score (nSPS) is 20.3. The van der Waals surface area contributed by atoms with E-state index < -0.39 is 0 Å². The molecule has 170 valence electrons. The van der Waals surface area contributed by atoms with Crippen molar-refractivity contribution < 1.29 is 4.79 Å². The van der Waals surface area contributed by atoms with Gasteiger partial charge in [-0.05, 0) is 68.0 Å². The average Bonchev–Trinajstić information content (AvgIpc) is 3.05. The van der Waals surface area contributed by atoms with Crippen LogP contribution in [-0.2, 0) is 17.8 Å². The molecule has 2 aliphatic heterocycles. The second-order valence-electron chi connectivity index (χ2n) is 9.43. The van der Waals surface area contributed by atoms with Crippen molar-refractivity contribution in [3.63, 3.8) is 0 Å². The van der Waals surface area contributed by atoms with E-state index in [0.717, 1.165) is 63.9 Å². The van der Waals surface area contributed by atoms with E-state index >= 15 is 0 Å². The molecule has 1 fully saturated rings. The van der Waals surface area contributed by atoms with Crippen LogP contribution < -0.4 is 0 Å². The number of hydrogen-bond donors (Lipinski definition) is 0. The second kappa shape index (κ2) is 10.3. The molecule has 1 amide bonds. The molecule has 3 heterocycles. The molecular weight excluding hydrogens is 406 g/mol. The zero-order valence-corrected chi connectivity index (χ0v) is 19.3. The highest BCUT2D eigenvalue weighted by atomic mass is 16.2. The van der Waals surface area contributed by atoms with E-state index in [4.69, 9.17) is 0 Å². The quantitative estimate of drug-likeness (QED) is 0.502. The molecule has 5 rings (SSSR count). The van der Waals surface area contributed by atoms with E-state index in [1.807, 2.05) is 18.3 Å². The van der Waals surface area contributed by atoms with E-state index in [2.05, 4.69) is 75.5 Å². The smallest absolute Gasteiger partial charge is 0.226 e. The fraction of sp³-hybridized carbons (Fsp3) is 0.379. The van der Waals surface area contributed by atoms with Crippen LogP contribution >= 0.6 is 0 Å². The Bertz CT molecular complexity index is 1100. The summed E-state index contributed by atoms with van der Waals surface area (Å²) in [6.45, 7) is 4.61. The molecule has 1 unspecified atom stereocenters. The lowest BCUT2D eigenvalue weighted by atomic mass is 9.81. The number of pyridine rings is 1. The lowest BCUT2D eigenvalue weighted by Crippen LogP contribution is -2.43. The highest BCUT2D eigenvalue weighted by molar-refractivity contribution is 5.82. The third-order valence-corrected chi connectivity index (χ3v) is 7.36. The SMILES string of the molecule is O=C1C(C2CCN(Cc3ccnc4ccccc34)CC2)CC=CCN1CCc1ccccc1. The first-order valence-corrected chi connectivity index (χ1v) is 12.3. The second-order valence-corrected chi connectivity index (χ2v) is 9.43. The van der Waals surface area contributed by atoms with Crippen molar-refractivity contribution in [2.45, 2.75) is 32.2 Å². The first kappa shape index (κ1) is 21.8. The number of aromatic nitrogens is 1. The van der Waals surface area contributed by atoms with Crippen LogP contribution in [0.4, 0.5) is 0 Å². The monoisotopic (exact) mass is 439 g/mol. The molecule has 1 atom stereocenters. The Labute approximate surface area is 196 Å². The molecule has 0 bridgehead atoms. The number of allylic oxidation sites excluding steroid dienone is 1. The van der Waals surface area contributed by atoms with Crippen LogP contribution in [0.1, 0.15) is 30.4 Å². The Kier molecular flexibility index (Phi) is 6.82. The largest absolute Gasteiger partial charge is 0.338 e. The van der Waals surface area contributed by atoms with E-state index in [1.165, 1.54) is 16.5 Å². The van der Waals surface area contributed by atoms with Crippen molar-refractivity contribution in [1.29, 1.82) is 0 Å². The first-order valence-electron chi connectivity index (χ1n) is 12.3. The Morgan fingerprint density at radius 3 is 2.55 bits per heavy atom. The number of benzene rings is 2. The maximum absolute atomic E-state index is 13.5. The summed E-state index contributed by atoms with van der Waals surface area (Å²) >= 11 is 0. The van der Waals surface area contributed by atoms with Gasteiger partial charge in [0.05, 0.1) is 5.52 Å². The summed E-state index contributed by atoms with van der Waals surface area (Å²) in [6, 6.07) is 21.0. The molecule has 0 aliphatic carbocycles. The lowest BCUT2D eigenvalue weighted by Gasteiger charge is -2.36. The Morgan fingerprint density at radius 2 is 1.70 bits per heavy atom. The summed E-state index contributed by atoms with van der Waals surface area (Å²) in [5, 5.41) is 1.25. The van der Waals surface area contributed by atoms with Gasteiger partial charge in [-0.1, -0.05) is 60.7 Å². The summed E-state index contributed by atoms with van der Waals surface area (Å²) < 4.78 is 0. The molecule has 0 N–H and O–H groups in total. The van der Waals surface area contributed by atoms with Gasteiger partial charge < -0.3 is 4.90 Å². The van der Waals surface area contributed by atoms with Crippen LogP contribution in [0.3, 0.4) is 0 Å². The maximum Gasteiger partial charge on any atom is 0.226 e. The number of carbonyl (C=O) groups excluding carboxylic acids is 1. The first-order chi connectivity index (χ1) is 16.3. The van der Waals surface area contributed by atoms with Gasteiger partial charge in [-0.3, -0.25) is 14.7 Å². The van der Waals surface area contributed by atoms with Gasteiger partial charge in [-0.2, -0.15) is 0 Å². The van der Waals surface area contributed by atoms with E-state index in [0.29, 0.717) is 11.8 Å². The standard InChI is InChI=1S/C29H33N3O/c33-29-27(11-6-7-18-32(29)21-14-23-8-2-1-3-9-23)24-15-19-31(20-16-24)22-25-13-17-30-28-12-5-4-10-26(25)28/h1-10,12-13,17,24,27H,11,14-16,18-22H2. The van der Waals surface area contributed by atoms with Crippen LogP contribution in [0.25, 0.3) is 10.9 Å². The van der Waals surface area contributed by atoms with Crippen molar-refractivity contribution in [2.24, 2.45) is 11.8 Å². The van der Waals surface area contributed by atoms with Gasteiger partial charge in [-0.15, -0.1) is 0 Å². The summed E-state index contributed by atoms with van der Waals surface area (Å²) in [7, 11) is 0. The van der Waals surface area contributed by atoms with Gasteiger partial charge in [-0.25, -0.2) is 0 Å². The predicted octanol–water partition coefficient (Wildman–Crippen LogP) is 5.09. The Morgan fingerprint density at radius 1 is 0.909 bits per heavy atom. The third-order valence-electron chi connectivity index (χ3n) is 7.36. The van der Waals surface area contributed by atoms with Crippen LogP contribution in [-0.4, -0.2) is 46.9 Å². The van der Waals surface area contributed by atoms with Gasteiger partial charge >= 0.3 is 0 Å². The Hall–Kier alpha value is -2.98. The van der Waals surface area contributed by atoms with Crippen molar-refractivity contribution >= 4 is 16.8 Å². The van der Waals surface area contributed by atoms with Crippen molar-refractivity contribution in [3.8, 4) is 0 Å². The predicted molar refractivity (Wildman–Crippen MR) is 134 cm³/mol. The van der Waals surface area contributed by atoms with Gasteiger partial charge in [0, 0.05) is 37.1 Å². The molecule has 1 aromatic heterocycles. The molecule has 4 nitrogen and oxygen atoms in total. The van der Waals surface area contributed by atoms with Crippen molar-refractivity contribution in [3.05, 3.63) is 90.1 Å². The molecular formula is C29H33N3O. The van der Waals surface area contributed by atoms with Crippen LogP contribution in [0, 0.1) is 11.8 Å². The van der Waals surface area contributed by atoms with Crippen LogP contribution in [0.15, 0.2) is 79.0 Å². The third kappa shape index (κ3) is 5.17. The molecule has 3 aromatic rings. The van der Waals surface area contributed by atoms with E-state index in [-0.39, 0.29) is 5.92 Å². The van der Waals surface area contributed by atoms with Gasteiger partial charge in [0.15, 0.2) is 0 Å². The van der Waals surface area contributed by atoms with E-state index in [9.17, 15) is 4.79 Å². The topological polar surface area (TPSA) is 36.4 Å². The number of likely N-dealkylation sites (tertiary alicyclic amines) is 1. The fourth-order valence-corrected chi connectivity index (χ4v) is 5.42. The minimum atomic E-state index is 0.128. The summed E-state index contributed by atoms with van der Waals surface area (Å²) in [5.74, 6) is 0.961. The highest BCUT2D eigenvalue weighted by Crippen LogP contribution is 2.31. The number of para-hydroxylation sites is 1. The molecule has 0 saturated carbocycles.